The molecule has 33 heavy (non-hydrogen) atoms. The number of amides is 1. The number of carbonyl (C=O) groups is 1. The van der Waals surface area contributed by atoms with Crippen LogP contribution in [0.15, 0.2) is 88.9 Å². The van der Waals surface area contributed by atoms with Gasteiger partial charge < -0.3 is 5.11 Å². The predicted octanol–water partition coefficient (Wildman–Crippen LogP) is 3.76. The van der Waals surface area contributed by atoms with Crippen LogP contribution in [0.5, 0.6) is 5.75 Å². The second kappa shape index (κ2) is 9.74. The lowest BCUT2D eigenvalue weighted by molar-refractivity contribution is -0.137. The van der Waals surface area contributed by atoms with Gasteiger partial charge in [0, 0.05) is 5.56 Å². The zero-order valence-corrected chi connectivity index (χ0v) is 17.7. The van der Waals surface area contributed by atoms with E-state index in [1.165, 1.54) is 36.4 Å². The number of halogens is 3. The van der Waals surface area contributed by atoms with Gasteiger partial charge in [0.1, 0.15) is 12.3 Å². The predicted molar refractivity (Wildman–Crippen MR) is 116 cm³/mol. The van der Waals surface area contributed by atoms with Crippen LogP contribution in [-0.4, -0.2) is 32.2 Å². The summed E-state index contributed by atoms with van der Waals surface area (Å²) in [7, 11) is -4.38. The number of alkyl halides is 3. The summed E-state index contributed by atoms with van der Waals surface area (Å²) in [5.41, 5.74) is 1.01. The molecular weight excluding hydrogens is 459 g/mol. The van der Waals surface area contributed by atoms with E-state index in [-0.39, 0.29) is 16.3 Å². The Morgan fingerprint density at radius 3 is 2.33 bits per heavy atom. The number of aromatic hydroxyl groups is 1. The average Bonchev–Trinajstić information content (AvgIpc) is 2.79. The fourth-order valence-electron chi connectivity index (χ4n) is 2.81. The summed E-state index contributed by atoms with van der Waals surface area (Å²) in [4.78, 5) is 12.2. The Kier molecular flexibility index (Phi) is 7.02. The molecule has 0 aliphatic heterocycles. The van der Waals surface area contributed by atoms with E-state index in [4.69, 9.17) is 0 Å². The minimum atomic E-state index is -4.71. The van der Waals surface area contributed by atoms with E-state index >= 15 is 0 Å². The topological polar surface area (TPSA) is 99.1 Å². The number of benzene rings is 3. The van der Waals surface area contributed by atoms with Gasteiger partial charge in [-0.25, -0.2) is 13.8 Å². The third kappa shape index (κ3) is 5.89. The molecule has 0 fully saturated rings. The van der Waals surface area contributed by atoms with Crippen molar-refractivity contribution in [1.82, 2.24) is 5.43 Å². The maximum Gasteiger partial charge on any atom is 0.416 e. The minimum absolute atomic E-state index is 0.0900. The molecule has 0 spiro atoms. The Hall–Kier alpha value is -3.86. The van der Waals surface area contributed by atoms with Crippen LogP contribution in [0.3, 0.4) is 0 Å². The van der Waals surface area contributed by atoms with Gasteiger partial charge in [0.2, 0.25) is 0 Å². The number of carbonyl (C=O) groups excluding carboxylic acids is 1. The van der Waals surface area contributed by atoms with Crippen LogP contribution in [0.25, 0.3) is 0 Å². The average molecular weight is 477 g/mol. The number of anilines is 1. The van der Waals surface area contributed by atoms with Crippen LogP contribution in [0.4, 0.5) is 18.9 Å². The molecule has 3 aromatic carbocycles. The summed E-state index contributed by atoms with van der Waals surface area (Å²) in [6.07, 6.45) is -3.56. The smallest absolute Gasteiger partial charge is 0.416 e. The Morgan fingerprint density at radius 2 is 1.67 bits per heavy atom. The van der Waals surface area contributed by atoms with Gasteiger partial charge in [-0.2, -0.15) is 18.3 Å². The lowest BCUT2D eigenvalue weighted by atomic mass is 10.2. The lowest BCUT2D eigenvalue weighted by Gasteiger charge is -2.24. The molecule has 0 aliphatic carbocycles. The molecule has 0 saturated heterocycles. The van der Waals surface area contributed by atoms with Crippen molar-refractivity contribution >= 4 is 27.8 Å². The number of phenols is 1. The third-order valence-corrected chi connectivity index (χ3v) is 6.20. The van der Waals surface area contributed by atoms with E-state index in [1.807, 2.05) is 0 Å². The van der Waals surface area contributed by atoms with Gasteiger partial charge in [0.05, 0.1) is 22.4 Å². The monoisotopic (exact) mass is 477 g/mol. The van der Waals surface area contributed by atoms with Gasteiger partial charge in [0.15, 0.2) is 0 Å². The summed E-state index contributed by atoms with van der Waals surface area (Å²) in [6.45, 7) is -0.837. The van der Waals surface area contributed by atoms with Gasteiger partial charge in [0.25, 0.3) is 15.9 Å². The summed E-state index contributed by atoms with van der Waals surface area (Å²) < 4.78 is 66.5. The van der Waals surface area contributed by atoms with E-state index in [0.29, 0.717) is 15.9 Å². The Bertz CT molecular complexity index is 1260. The van der Waals surface area contributed by atoms with E-state index in [0.717, 1.165) is 24.4 Å². The number of nitrogens with one attached hydrogen (secondary N) is 1. The highest BCUT2D eigenvalue weighted by Gasteiger charge is 2.33. The van der Waals surface area contributed by atoms with Crippen molar-refractivity contribution in [2.75, 3.05) is 10.8 Å². The number of hydrazone groups is 1. The number of sulfonamides is 1. The SMILES string of the molecule is O=C(CN(c1cccc(C(F)(F)F)c1)S(=O)(=O)c1ccccc1)N/N=C\c1ccccc1O. The highest BCUT2D eigenvalue weighted by molar-refractivity contribution is 7.92. The van der Waals surface area contributed by atoms with Crippen LogP contribution in [0, 0.1) is 0 Å². The number of hydrogen-bond acceptors (Lipinski definition) is 5. The number of para-hydroxylation sites is 1. The molecule has 0 radical (unpaired) electrons. The molecular formula is C22H18F3N3O4S. The van der Waals surface area contributed by atoms with E-state index in [1.54, 1.807) is 18.2 Å². The molecule has 2 N–H and O–H groups in total. The molecule has 0 atom stereocenters. The van der Waals surface area contributed by atoms with Gasteiger partial charge in [-0.3, -0.25) is 9.10 Å². The summed E-state index contributed by atoms with van der Waals surface area (Å²) in [5.74, 6) is -0.994. The summed E-state index contributed by atoms with van der Waals surface area (Å²) in [5, 5.41) is 13.4. The van der Waals surface area contributed by atoms with E-state index in [9.17, 15) is 31.5 Å². The molecule has 0 bridgehead atoms. The quantitative estimate of drug-likeness (QED) is 0.400. The summed E-state index contributed by atoms with van der Waals surface area (Å²) >= 11 is 0. The standard InChI is InChI=1S/C22H18F3N3O4S/c23-22(24,25)17-8-6-9-18(13-17)28(33(31,32)19-10-2-1-3-11-19)15-21(30)27-26-14-16-7-4-5-12-20(16)29/h1-14,29H,15H2,(H,27,30)/b26-14-. The van der Waals surface area contributed by atoms with Crippen LogP contribution in [-0.2, 0) is 21.0 Å². The number of nitrogens with zero attached hydrogens (tertiary/aromatic N) is 2. The van der Waals surface area contributed by atoms with Gasteiger partial charge in [-0.15, -0.1) is 0 Å². The second-order valence-electron chi connectivity index (χ2n) is 6.72. The Labute approximate surface area is 187 Å². The van der Waals surface area contributed by atoms with Crippen molar-refractivity contribution in [2.45, 2.75) is 11.1 Å². The molecule has 0 aliphatic rings. The van der Waals surface area contributed by atoms with E-state index in [2.05, 4.69) is 10.5 Å². The van der Waals surface area contributed by atoms with Gasteiger partial charge in [-0.1, -0.05) is 36.4 Å². The number of rotatable bonds is 7. The fourth-order valence-corrected chi connectivity index (χ4v) is 4.24. The van der Waals surface area contributed by atoms with Crippen molar-refractivity contribution < 1.29 is 31.5 Å². The van der Waals surface area contributed by atoms with Crippen LogP contribution in [0.2, 0.25) is 0 Å². The molecule has 1 amide bonds. The molecule has 0 aromatic heterocycles. The highest BCUT2D eigenvalue weighted by Crippen LogP contribution is 2.33. The van der Waals surface area contributed by atoms with Crippen LogP contribution in [0.1, 0.15) is 11.1 Å². The zero-order valence-electron chi connectivity index (χ0n) is 16.9. The maximum absolute atomic E-state index is 13.2. The molecule has 3 aromatic rings. The van der Waals surface area contributed by atoms with Crippen molar-refractivity contribution in [3.63, 3.8) is 0 Å². The molecule has 3 rings (SSSR count). The van der Waals surface area contributed by atoms with Crippen molar-refractivity contribution in [3.05, 3.63) is 90.0 Å². The van der Waals surface area contributed by atoms with Crippen molar-refractivity contribution in [3.8, 4) is 5.75 Å². The maximum atomic E-state index is 13.2. The molecule has 0 heterocycles. The third-order valence-electron chi connectivity index (χ3n) is 4.41. The first-order valence-electron chi connectivity index (χ1n) is 9.44. The number of hydrogen-bond donors (Lipinski definition) is 2. The van der Waals surface area contributed by atoms with Gasteiger partial charge in [-0.05, 0) is 42.5 Å². The number of phenolic OH excluding ortho intramolecular Hbond substituents is 1. The van der Waals surface area contributed by atoms with Gasteiger partial charge >= 0.3 is 6.18 Å². The van der Waals surface area contributed by atoms with Crippen LogP contribution >= 0.6 is 0 Å². The Balaban J connectivity index is 1.91. The zero-order chi connectivity index (χ0) is 24.1. The molecule has 7 nitrogen and oxygen atoms in total. The first-order valence-corrected chi connectivity index (χ1v) is 10.9. The molecule has 172 valence electrons. The van der Waals surface area contributed by atoms with Crippen molar-refractivity contribution in [1.29, 1.82) is 0 Å². The molecule has 11 heteroatoms. The van der Waals surface area contributed by atoms with Crippen molar-refractivity contribution in [2.24, 2.45) is 5.10 Å². The fraction of sp³-hybridized carbons (Fsp3) is 0.0909. The Morgan fingerprint density at radius 1 is 1.00 bits per heavy atom. The summed E-state index contributed by atoms with van der Waals surface area (Å²) in [6, 6.07) is 16.8. The van der Waals surface area contributed by atoms with Crippen LogP contribution < -0.4 is 9.73 Å². The first-order chi connectivity index (χ1) is 15.6. The second-order valence-corrected chi connectivity index (χ2v) is 8.59. The largest absolute Gasteiger partial charge is 0.507 e. The molecule has 0 saturated carbocycles. The van der Waals surface area contributed by atoms with E-state index < -0.39 is 34.2 Å². The highest BCUT2D eigenvalue weighted by atomic mass is 32.2. The minimum Gasteiger partial charge on any atom is -0.507 e. The normalized spacial score (nSPS) is 12.0. The lowest BCUT2D eigenvalue weighted by Crippen LogP contribution is -2.39. The molecule has 0 unspecified atom stereocenters. The first kappa shape index (κ1) is 23.8.